The Hall–Kier alpha value is -1.09. The first-order valence-corrected chi connectivity index (χ1v) is 5.53. The highest BCUT2D eigenvalue weighted by molar-refractivity contribution is 6.18. The van der Waals surface area contributed by atoms with Gasteiger partial charge < -0.3 is 4.90 Å². The fraction of sp³-hybridized carbons (Fsp3) is 0.455. The number of amides is 1. The summed E-state index contributed by atoms with van der Waals surface area (Å²) in [7, 11) is 0. The molecule has 1 saturated heterocycles. The second-order valence-corrected chi connectivity index (χ2v) is 4.20. The van der Waals surface area contributed by atoms with Gasteiger partial charge in [-0.1, -0.05) is 6.07 Å². The van der Waals surface area contributed by atoms with Crippen LogP contribution >= 0.6 is 11.6 Å². The third-order valence-electron chi connectivity index (χ3n) is 2.57. The Bertz CT molecular complexity index is 375. The maximum atomic E-state index is 11.9. The van der Waals surface area contributed by atoms with Crippen molar-refractivity contribution >= 4 is 17.5 Å². The second kappa shape index (κ2) is 4.19. The fourth-order valence-corrected chi connectivity index (χ4v) is 1.85. The van der Waals surface area contributed by atoms with Gasteiger partial charge in [0.05, 0.1) is 0 Å². The Morgan fingerprint density at radius 2 is 2.33 bits per heavy atom. The number of likely N-dealkylation sites (tertiary alicyclic amines) is 1. The van der Waals surface area contributed by atoms with Crippen molar-refractivity contribution in [2.24, 2.45) is 5.92 Å². The molecule has 1 aromatic heterocycles. The van der Waals surface area contributed by atoms with Gasteiger partial charge in [-0.3, -0.25) is 4.79 Å². The van der Waals surface area contributed by atoms with E-state index in [1.807, 2.05) is 19.1 Å². The van der Waals surface area contributed by atoms with Gasteiger partial charge in [-0.2, -0.15) is 0 Å². The van der Waals surface area contributed by atoms with Gasteiger partial charge >= 0.3 is 0 Å². The third kappa shape index (κ3) is 2.12. The molecule has 1 fully saturated rings. The van der Waals surface area contributed by atoms with E-state index in [-0.39, 0.29) is 5.91 Å². The van der Waals surface area contributed by atoms with E-state index in [0.717, 1.165) is 18.8 Å². The molecule has 2 rings (SSSR count). The van der Waals surface area contributed by atoms with E-state index in [1.165, 1.54) is 0 Å². The predicted octanol–water partition coefficient (Wildman–Crippen LogP) is 1.70. The molecule has 1 aliphatic rings. The van der Waals surface area contributed by atoms with Crippen LogP contribution in [0.2, 0.25) is 0 Å². The molecule has 0 atom stereocenters. The fourth-order valence-electron chi connectivity index (χ4n) is 1.66. The summed E-state index contributed by atoms with van der Waals surface area (Å²) >= 11 is 5.69. The first-order valence-electron chi connectivity index (χ1n) is 4.99. The second-order valence-electron chi connectivity index (χ2n) is 3.89. The van der Waals surface area contributed by atoms with Crippen molar-refractivity contribution in [3.8, 4) is 0 Å². The van der Waals surface area contributed by atoms with Crippen molar-refractivity contribution < 1.29 is 4.79 Å². The van der Waals surface area contributed by atoms with Crippen molar-refractivity contribution in [1.82, 2.24) is 9.88 Å². The number of hydrogen-bond acceptors (Lipinski definition) is 2. The molecule has 1 aromatic rings. The molecular weight excluding hydrogens is 212 g/mol. The molecule has 1 amide bonds. The number of hydrogen-bond donors (Lipinski definition) is 0. The minimum absolute atomic E-state index is 0.0140. The van der Waals surface area contributed by atoms with Crippen LogP contribution in [0.15, 0.2) is 18.2 Å². The highest BCUT2D eigenvalue weighted by Crippen LogP contribution is 2.18. The summed E-state index contributed by atoms with van der Waals surface area (Å²) in [5, 5.41) is 0. The summed E-state index contributed by atoms with van der Waals surface area (Å²) in [6, 6.07) is 5.49. The molecule has 0 radical (unpaired) electrons. The van der Waals surface area contributed by atoms with Crippen molar-refractivity contribution in [3.05, 3.63) is 29.6 Å². The number of nitrogens with zero attached hydrogens (tertiary/aromatic N) is 2. The lowest BCUT2D eigenvalue weighted by Crippen LogP contribution is -2.50. The summed E-state index contributed by atoms with van der Waals surface area (Å²) in [5.41, 5.74) is 1.40. The molecule has 0 spiro atoms. The monoisotopic (exact) mass is 224 g/mol. The molecule has 0 aromatic carbocycles. The summed E-state index contributed by atoms with van der Waals surface area (Å²) in [4.78, 5) is 17.9. The maximum Gasteiger partial charge on any atom is 0.272 e. The Morgan fingerprint density at radius 1 is 1.60 bits per heavy atom. The Morgan fingerprint density at radius 3 is 2.93 bits per heavy atom. The highest BCUT2D eigenvalue weighted by atomic mass is 35.5. The standard InChI is InChI=1S/C11H13ClN2O/c1-8-3-2-4-10(13-8)11(15)14-6-9(5-12)7-14/h2-4,9H,5-7H2,1H3. The number of aryl methyl sites for hydroxylation is 1. The zero-order valence-electron chi connectivity index (χ0n) is 8.61. The van der Waals surface area contributed by atoms with Crippen LogP contribution in [0, 0.1) is 12.8 Å². The molecule has 1 aliphatic heterocycles. The molecule has 3 nitrogen and oxygen atoms in total. The van der Waals surface area contributed by atoms with E-state index in [9.17, 15) is 4.79 Å². The van der Waals surface area contributed by atoms with Crippen LogP contribution in [-0.4, -0.2) is 34.8 Å². The molecule has 0 N–H and O–H groups in total. The SMILES string of the molecule is Cc1cccc(C(=O)N2CC(CCl)C2)n1. The molecule has 2 heterocycles. The number of pyridine rings is 1. The van der Waals surface area contributed by atoms with Crippen molar-refractivity contribution in [2.45, 2.75) is 6.92 Å². The lowest BCUT2D eigenvalue weighted by Gasteiger charge is -2.37. The van der Waals surface area contributed by atoms with E-state index < -0.39 is 0 Å². The minimum Gasteiger partial charge on any atom is -0.337 e. The lowest BCUT2D eigenvalue weighted by atomic mass is 10.0. The molecule has 4 heteroatoms. The van der Waals surface area contributed by atoms with Gasteiger partial charge in [0.1, 0.15) is 5.69 Å². The average Bonchev–Trinajstić information content (AvgIpc) is 2.16. The summed E-state index contributed by atoms with van der Waals surface area (Å²) < 4.78 is 0. The third-order valence-corrected chi connectivity index (χ3v) is 3.01. The molecule has 0 bridgehead atoms. The lowest BCUT2D eigenvalue weighted by molar-refractivity contribution is 0.0529. The van der Waals surface area contributed by atoms with E-state index in [2.05, 4.69) is 4.98 Å². The number of carbonyl (C=O) groups excluding carboxylic acids is 1. The van der Waals surface area contributed by atoms with Gasteiger partial charge in [0.15, 0.2) is 0 Å². The van der Waals surface area contributed by atoms with E-state index >= 15 is 0 Å². The zero-order valence-corrected chi connectivity index (χ0v) is 9.37. The molecule has 0 unspecified atom stereocenters. The van der Waals surface area contributed by atoms with Crippen LogP contribution in [0.25, 0.3) is 0 Å². The predicted molar refractivity (Wildman–Crippen MR) is 59.1 cm³/mol. The van der Waals surface area contributed by atoms with E-state index in [1.54, 1.807) is 11.0 Å². The minimum atomic E-state index is 0.0140. The van der Waals surface area contributed by atoms with E-state index in [4.69, 9.17) is 11.6 Å². The Balaban J connectivity index is 2.03. The summed E-state index contributed by atoms with van der Waals surface area (Å²) in [6.45, 7) is 3.41. The molecule has 0 saturated carbocycles. The van der Waals surface area contributed by atoms with Crippen LogP contribution < -0.4 is 0 Å². The van der Waals surface area contributed by atoms with Crippen molar-refractivity contribution in [1.29, 1.82) is 0 Å². The van der Waals surface area contributed by atoms with Gasteiger partial charge in [-0.05, 0) is 19.1 Å². The number of rotatable bonds is 2. The largest absolute Gasteiger partial charge is 0.337 e. The van der Waals surface area contributed by atoms with Crippen molar-refractivity contribution in [3.63, 3.8) is 0 Å². The Labute approximate surface area is 94.1 Å². The Kier molecular flexibility index (Phi) is 2.91. The van der Waals surface area contributed by atoms with Gasteiger partial charge in [-0.15, -0.1) is 11.6 Å². The van der Waals surface area contributed by atoms with E-state index in [0.29, 0.717) is 17.5 Å². The first-order chi connectivity index (χ1) is 7.20. The van der Waals surface area contributed by atoms with Gasteiger partial charge in [-0.25, -0.2) is 4.98 Å². The van der Waals surface area contributed by atoms with Crippen LogP contribution in [-0.2, 0) is 0 Å². The number of aromatic nitrogens is 1. The number of carbonyl (C=O) groups is 1. The quantitative estimate of drug-likeness (QED) is 0.717. The first kappa shape index (κ1) is 10.4. The average molecular weight is 225 g/mol. The van der Waals surface area contributed by atoms with Gasteiger partial charge in [0, 0.05) is 30.6 Å². The molecule has 15 heavy (non-hydrogen) atoms. The number of alkyl halides is 1. The zero-order chi connectivity index (χ0) is 10.8. The van der Waals surface area contributed by atoms with Crippen LogP contribution in [0.5, 0.6) is 0 Å². The van der Waals surface area contributed by atoms with Crippen LogP contribution in [0.1, 0.15) is 16.2 Å². The maximum absolute atomic E-state index is 11.9. The topological polar surface area (TPSA) is 33.2 Å². The normalized spacial score (nSPS) is 16.3. The smallest absolute Gasteiger partial charge is 0.272 e. The van der Waals surface area contributed by atoms with Gasteiger partial charge in [0.2, 0.25) is 0 Å². The molecular formula is C11H13ClN2O. The van der Waals surface area contributed by atoms with Crippen LogP contribution in [0.3, 0.4) is 0 Å². The number of halogens is 1. The molecule has 80 valence electrons. The summed E-state index contributed by atoms with van der Waals surface area (Å²) in [5.74, 6) is 1.10. The van der Waals surface area contributed by atoms with Gasteiger partial charge in [0.25, 0.3) is 5.91 Å². The summed E-state index contributed by atoms with van der Waals surface area (Å²) in [6.07, 6.45) is 0. The highest BCUT2D eigenvalue weighted by Gasteiger charge is 2.30. The van der Waals surface area contributed by atoms with Crippen LogP contribution in [0.4, 0.5) is 0 Å². The molecule has 0 aliphatic carbocycles. The van der Waals surface area contributed by atoms with Crippen molar-refractivity contribution in [2.75, 3.05) is 19.0 Å².